The summed E-state index contributed by atoms with van der Waals surface area (Å²) in [5.41, 5.74) is 1.96. The van der Waals surface area contributed by atoms with Crippen LogP contribution >= 0.6 is 24.0 Å². The van der Waals surface area contributed by atoms with E-state index in [2.05, 4.69) is 25.5 Å². The standard InChI is InChI=1S/C20H28FN5.HI/c1-4-22-20(24-13-11-18-10-5-6-12-23-18)25-15-19(26(2)3)16-8-7-9-17(21)14-16;/h5-10,12,14,19H,4,11,13,15H2,1-3H3,(H2,22,24,25);1H. The van der Waals surface area contributed by atoms with Gasteiger partial charge in [-0.3, -0.25) is 9.98 Å². The number of benzene rings is 1. The second-order valence-corrected chi connectivity index (χ2v) is 6.25. The van der Waals surface area contributed by atoms with Crippen molar-refractivity contribution in [3.05, 3.63) is 65.7 Å². The van der Waals surface area contributed by atoms with E-state index in [4.69, 9.17) is 0 Å². The van der Waals surface area contributed by atoms with Crippen LogP contribution in [-0.4, -0.2) is 49.6 Å². The van der Waals surface area contributed by atoms with Gasteiger partial charge in [0.1, 0.15) is 5.82 Å². The highest BCUT2D eigenvalue weighted by atomic mass is 127. The minimum Gasteiger partial charge on any atom is -0.357 e. The Hall–Kier alpha value is -1.74. The first-order valence-corrected chi connectivity index (χ1v) is 8.94. The molecule has 0 spiro atoms. The predicted octanol–water partition coefficient (Wildman–Crippen LogP) is 3.24. The van der Waals surface area contributed by atoms with Crippen molar-refractivity contribution >= 4 is 29.9 Å². The molecule has 148 valence electrons. The van der Waals surface area contributed by atoms with Crippen molar-refractivity contribution in [1.82, 2.24) is 20.5 Å². The number of aromatic nitrogens is 1. The van der Waals surface area contributed by atoms with Crippen molar-refractivity contribution in [1.29, 1.82) is 0 Å². The van der Waals surface area contributed by atoms with Gasteiger partial charge >= 0.3 is 0 Å². The maximum atomic E-state index is 13.6. The molecule has 5 nitrogen and oxygen atoms in total. The molecular formula is C20H29FIN5. The molecule has 1 aromatic heterocycles. The summed E-state index contributed by atoms with van der Waals surface area (Å²) in [7, 11) is 3.96. The first-order valence-electron chi connectivity index (χ1n) is 8.94. The second kappa shape index (κ2) is 12.6. The Morgan fingerprint density at radius 1 is 1.19 bits per heavy atom. The molecule has 1 atom stereocenters. The Labute approximate surface area is 178 Å². The Balaban J connectivity index is 0.00000364. The van der Waals surface area contributed by atoms with Gasteiger partial charge in [-0.2, -0.15) is 0 Å². The number of aliphatic imine (C=N–C) groups is 1. The maximum Gasteiger partial charge on any atom is 0.191 e. The number of guanidine groups is 1. The third-order valence-corrected chi connectivity index (χ3v) is 4.02. The van der Waals surface area contributed by atoms with Gasteiger partial charge in [-0.15, -0.1) is 24.0 Å². The van der Waals surface area contributed by atoms with E-state index in [9.17, 15) is 4.39 Å². The van der Waals surface area contributed by atoms with Crippen LogP contribution in [0.5, 0.6) is 0 Å². The van der Waals surface area contributed by atoms with Crippen LogP contribution in [0.4, 0.5) is 4.39 Å². The van der Waals surface area contributed by atoms with Gasteiger partial charge in [-0.25, -0.2) is 4.39 Å². The summed E-state index contributed by atoms with van der Waals surface area (Å²) in [6.07, 6.45) is 2.63. The Kier molecular flexibility index (Phi) is 10.9. The molecule has 0 aliphatic heterocycles. The molecule has 7 heteroatoms. The van der Waals surface area contributed by atoms with Gasteiger partial charge in [-0.1, -0.05) is 18.2 Å². The minimum absolute atomic E-state index is 0. The highest BCUT2D eigenvalue weighted by molar-refractivity contribution is 14.0. The highest BCUT2D eigenvalue weighted by Gasteiger charge is 2.14. The van der Waals surface area contributed by atoms with Gasteiger partial charge in [-0.05, 0) is 50.8 Å². The molecule has 0 fully saturated rings. The first kappa shape index (κ1) is 23.3. The molecule has 0 aliphatic rings. The molecule has 0 amide bonds. The summed E-state index contributed by atoms with van der Waals surface area (Å²) in [5.74, 6) is 0.533. The van der Waals surface area contributed by atoms with Crippen LogP contribution in [0, 0.1) is 5.82 Å². The Bertz CT molecular complexity index is 694. The number of hydrogen-bond donors (Lipinski definition) is 2. The maximum absolute atomic E-state index is 13.6. The normalized spacial score (nSPS) is 12.4. The van der Waals surface area contributed by atoms with Crippen molar-refractivity contribution in [2.45, 2.75) is 19.4 Å². The lowest BCUT2D eigenvalue weighted by Crippen LogP contribution is -2.39. The molecule has 0 saturated carbocycles. The van der Waals surface area contributed by atoms with Crippen molar-refractivity contribution in [3.63, 3.8) is 0 Å². The van der Waals surface area contributed by atoms with Gasteiger partial charge in [0.15, 0.2) is 5.96 Å². The molecule has 0 aliphatic carbocycles. The number of halogens is 2. The number of pyridine rings is 1. The van der Waals surface area contributed by atoms with E-state index in [1.807, 2.05) is 45.3 Å². The number of hydrogen-bond acceptors (Lipinski definition) is 3. The lowest BCUT2D eigenvalue weighted by Gasteiger charge is -2.23. The zero-order valence-corrected chi connectivity index (χ0v) is 18.5. The monoisotopic (exact) mass is 485 g/mol. The largest absolute Gasteiger partial charge is 0.357 e. The van der Waals surface area contributed by atoms with E-state index >= 15 is 0 Å². The van der Waals surface area contributed by atoms with Gasteiger partial charge < -0.3 is 15.5 Å². The summed E-state index contributed by atoms with van der Waals surface area (Å²) >= 11 is 0. The van der Waals surface area contributed by atoms with Crippen molar-refractivity contribution in [2.24, 2.45) is 4.99 Å². The Morgan fingerprint density at radius 3 is 2.63 bits per heavy atom. The summed E-state index contributed by atoms with van der Waals surface area (Å²) in [6.45, 7) is 4.10. The fraction of sp³-hybridized carbons (Fsp3) is 0.400. The Morgan fingerprint density at radius 2 is 2.00 bits per heavy atom. The van der Waals surface area contributed by atoms with Crippen molar-refractivity contribution < 1.29 is 4.39 Å². The summed E-state index contributed by atoms with van der Waals surface area (Å²) in [6, 6.07) is 12.6. The van der Waals surface area contributed by atoms with Crippen molar-refractivity contribution in [2.75, 3.05) is 33.7 Å². The lowest BCUT2D eigenvalue weighted by atomic mass is 10.1. The predicted molar refractivity (Wildman–Crippen MR) is 120 cm³/mol. The molecule has 1 unspecified atom stereocenters. The van der Waals surface area contributed by atoms with Crippen LogP contribution in [0.1, 0.15) is 24.2 Å². The van der Waals surface area contributed by atoms with E-state index in [-0.39, 0.29) is 35.8 Å². The smallest absolute Gasteiger partial charge is 0.191 e. The summed E-state index contributed by atoms with van der Waals surface area (Å²) in [5, 5.41) is 6.58. The molecule has 1 heterocycles. The quantitative estimate of drug-likeness (QED) is 0.343. The van der Waals surface area contributed by atoms with Crippen LogP contribution < -0.4 is 10.6 Å². The van der Waals surface area contributed by atoms with Gasteiger partial charge in [0, 0.05) is 31.4 Å². The molecule has 0 bridgehead atoms. The summed E-state index contributed by atoms with van der Waals surface area (Å²) in [4.78, 5) is 11.1. The van der Waals surface area contributed by atoms with Crippen molar-refractivity contribution in [3.8, 4) is 0 Å². The third-order valence-electron chi connectivity index (χ3n) is 4.02. The average molecular weight is 485 g/mol. The molecule has 2 rings (SSSR count). The van der Waals surface area contributed by atoms with Crippen LogP contribution in [0.15, 0.2) is 53.7 Å². The van der Waals surface area contributed by atoms with Crippen LogP contribution in [-0.2, 0) is 6.42 Å². The number of nitrogens with zero attached hydrogens (tertiary/aromatic N) is 3. The molecular weight excluding hydrogens is 456 g/mol. The third kappa shape index (κ3) is 8.21. The van der Waals surface area contributed by atoms with Crippen LogP contribution in [0.25, 0.3) is 0 Å². The fourth-order valence-electron chi connectivity index (χ4n) is 2.66. The first-order chi connectivity index (χ1) is 12.6. The minimum atomic E-state index is -0.223. The average Bonchev–Trinajstić information content (AvgIpc) is 2.62. The molecule has 27 heavy (non-hydrogen) atoms. The number of rotatable bonds is 8. The SMILES string of the molecule is CCNC(=NCC(c1cccc(F)c1)N(C)C)NCCc1ccccn1.I. The van der Waals surface area contributed by atoms with E-state index in [1.165, 1.54) is 6.07 Å². The molecule has 0 saturated heterocycles. The van der Waals surface area contributed by atoms with E-state index in [0.29, 0.717) is 6.54 Å². The van der Waals surface area contributed by atoms with Gasteiger partial charge in [0.25, 0.3) is 0 Å². The van der Waals surface area contributed by atoms with Crippen LogP contribution in [0.3, 0.4) is 0 Å². The van der Waals surface area contributed by atoms with Crippen LogP contribution in [0.2, 0.25) is 0 Å². The van der Waals surface area contributed by atoms with E-state index in [0.717, 1.165) is 36.7 Å². The van der Waals surface area contributed by atoms with Gasteiger partial charge in [0.2, 0.25) is 0 Å². The van der Waals surface area contributed by atoms with E-state index in [1.54, 1.807) is 18.3 Å². The zero-order valence-electron chi connectivity index (χ0n) is 16.2. The topological polar surface area (TPSA) is 52.6 Å². The number of likely N-dealkylation sites (N-methyl/N-ethyl adjacent to an activating group) is 1. The zero-order chi connectivity index (χ0) is 18.8. The summed E-state index contributed by atoms with van der Waals surface area (Å²) < 4.78 is 13.6. The van der Waals surface area contributed by atoms with E-state index < -0.39 is 0 Å². The highest BCUT2D eigenvalue weighted by Crippen LogP contribution is 2.19. The van der Waals surface area contributed by atoms with Gasteiger partial charge in [0.05, 0.1) is 12.6 Å². The molecule has 1 aromatic carbocycles. The fourth-order valence-corrected chi connectivity index (χ4v) is 2.66. The second-order valence-electron chi connectivity index (χ2n) is 6.25. The molecule has 2 aromatic rings. The number of nitrogens with one attached hydrogen (secondary N) is 2. The molecule has 2 N–H and O–H groups in total. The lowest BCUT2D eigenvalue weighted by molar-refractivity contribution is 0.305. The molecule has 0 radical (unpaired) electrons.